The zero-order valence-electron chi connectivity index (χ0n) is 21.3. The summed E-state index contributed by atoms with van der Waals surface area (Å²) in [6.45, 7) is 3.24. The molecule has 1 fully saturated rings. The highest BCUT2D eigenvalue weighted by Gasteiger charge is 2.52. The predicted octanol–water partition coefficient (Wildman–Crippen LogP) is 4.16. The molecule has 11 nitrogen and oxygen atoms in total. The molecule has 15 heteroatoms. The van der Waals surface area contributed by atoms with Crippen molar-refractivity contribution >= 4 is 52.6 Å². The van der Waals surface area contributed by atoms with Gasteiger partial charge >= 0.3 is 17.9 Å². The minimum absolute atomic E-state index is 0.000345. The Bertz CT molecular complexity index is 1450. The average molecular weight is 609 g/mol. The lowest BCUT2D eigenvalue weighted by Crippen LogP contribution is -2.57. The summed E-state index contributed by atoms with van der Waals surface area (Å²) in [6, 6.07) is 4.86. The van der Waals surface area contributed by atoms with Crippen LogP contribution < -0.4 is 0 Å². The van der Waals surface area contributed by atoms with Gasteiger partial charge < -0.3 is 18.9 Å². The fourth-order valence-electron chi connectivity index (χ4n) is 4.07. The molecule has 0 aliphatic carbocycles. The molecular weight excluding hydrogens is 587 g/mol. The SMILES string of the molecule is CC(=O)OCC1O[C@H](Sc2cc(Cl)c(C#N)cc2F)C(OC(C)=O)[C@@H](n2cc(-c3ccsc3)nn2)[C@H]1OC(C)=O. The molecule has 1 saturated heterocycles. The molecule has 0 radical (unpaired) electrons. The first kappa shape index (κ1) is 29.5. The van der Waals surface area contributed by atoms with Crippen LogP contribution >= 0.6 is 34.7 Å². The number of carbonyl (C=O) groups is 3. The van der Waals surface area contributed by atoms with Gasteiger partial charge in [-0.05, 0) is 23.6 Å². The Morgan fingerprint density at radius 2 is 1.93 bits per heavy atom. The van der Waals surface area contributed by atoms with E-state index >= 15 is 0 Å². The van der Waals surface area contributed by atoms with E-state index < -0.39 is 53.5 Å². The van der Waals surface area contributed by atoms with Crippen molar-refractivity contribution in [1.29, 1.82) is 5.26 Å². The van der Waals surface area contributed by atoms with Crippen LogP contribution in [0.4, 0.5) is 4.39 Å². The van der Waals surface area contributed by atoms with Gasteiger partial charge in [-0.2, -0.15) is 16.6 Å². The van der Waals surface area contributed by atoms with Crippen LogP contribution in [0, 0.1) is 17.1 Å². The Kier molecular flexibility index (Phi) is 9.41. The van der Waals surface area contributed by atoms with Crippen molar-refractivity contribution in [2.45, 2.75) is 55.5 Å². The highest BCUT2D eigenvalue weighted by molar-refractivity contribution is 7.99. The summed E-state index contributed by atoms with van der Waals surface area (Å²) in [7, 11) is 0. The van der Waals surface area contributed by atoms with Crippen molar-refractivity contribution in [3.63, 3.8) is 0 Å². The van der Waals surface area contributed by atoms with Gasteiger partial charge in [0.05, 0.1) is 16.8 Å². The van der Waals surface area contributed by atoms with Crippen LogP contribution in [-0.2, 0) is 33.3 Å². The smallest absolute Gasteiger partial charge is 0.303 e. The predicted molar refractivity (Wildman–Crippen MR) is 141 cm³/mol. The third kappa shape index (κ3) is 6.79. The van der Waals surface area contributed by atoms with Crippen LogP contribution in [0.15, 0.2) is 40.1 Å². The van der Waals surface area contributed by atoms with Gasteiger partial charge in [0.1, 0.15) is 41.8 Å². The standard InChI is InChI=1S/C25H22ClFN4O7S2/c1-12(32)35-10-20-23(36-13(2)33)22(31-9-19(29-30-31)15-4-5-39-11-15)24(37-14(3)34)25(38-20)40-21-7-17(26)16(8-28)6-18(21)27/h4-7,9,11,20,22-25H,10H2,1-3H3/t20?,22-,23-,24?,25+/m0/s1. The van der Waals surface area contributed by atoms with Crippen LogP contribution in [0.2, 0.25) is 5.02 Å². The highest BCUT2D eigenvalue weighted by atomic mass is 35.5. The number of thioether (sulfide) groups is 1. The maximum Gasteiger partial charge on any atom is 0.303 e. The van der Waals surface area contributed by atoms with Crippen molar-refractivity contribution in [2.24, 2.45) is 0 Å². The summed E-state index contributed by atoms with van der Waals surface area (Å²) in [5.74, 6) is -2.74. The van der Waals surface area contributed by atoms with E-state index in [4.69, 9.17) is 30.5 Å². The van der Waals surface area contributed by atoms with E-state index in [9.17, 15) is 24.0 Å². The molecule has 210 valence electrons. The molecule has 0 saturated carbocycles. The summed E-state index contributed by atoms with van der Waals surface area (Å²) in [5, 5.41) is 21.4. The molecule has 1 aromatic carbocycles. The fourth-order valence-corrected chi connectivity index (χ4v) is 6.15. The van der Waals surface area contributed by atoms with Crippen LogP contribution in [0.5, 0.6) is 0 Å². The van der Waals surface area contributed by atoms with Crippen LogP contribution in [0.1, 0.15) is 32.4 Å². The first-order valence-electron chi connectivity index (χ1n) is 11.7. The van der Waals surface area contributed by atoms with Crippen LogP contribution in [0.3, 0.4) is 0 Å². The van der Waals surface area contributed by atoms with E-state index in [1.807, 2.05) is 16.8 Å². The van der Waals surface area contributed by atoms with E-state index in [0.29, 0.717) is 5.69 Å². The number of carbonyl (C=O) groups excluding carboxylic acids is 3. The number of hydrogen-bond donors (Lipinski definition) is 0. The number of nitriles is 1. The maximum atomic E-state index is 15.0. The van der Waals surface area contributed by atoms with E-state index in [2.05, 4.69) is 10.3 Å². The number of benzene rings is 1. The topological polar surface area (TPSA) is 143 Å². The molecule has 40 heavy (non-hydrogen) atoms. The van der Waals surface area contributed by atoms with Gasteiger partial charge in [-0.25, -0.2) is 9.07 Å². The molecule has 3 heterocycles. The zero-order chi connectivity index (χ0) is 29.0. The van der Waals surface area contributed by atoms with Gasteiger partial charge in [0.15, 0.2) is 12.2 Å². The Morgan fingerprint density at radius 1 is 1.20 bits per heavy atom. The Morgan fingerprint density at radius 3 is 2.55 bits per heavy atom. The van der Waals surface area contributed by atoms with Gasteiger partial charge in [-0.15, -0.1) is 5.10 Å². The van der Waals surface area contributed by atoms with Crippen molar-refractivity contribution in [1.82, 2.24) is 15.0 Å². The quantitative estimate of drug-likeness (QED) is 0.269. The van der Waals surface area contributed by atoms with Gasteiger partial charge in [-0.1, -0.05) is 28.6 Å². The minimum atomic E-state index is -1.20. The van der Waals surface area contributed by atoms with Crippen LogP contribution in [-0.4, -0.2) is 63.3 Å². The molecule has 0 bridgehead atoms. The summed E-state index contributed by atoms with van der Waals surface area (Å²) in [4.78, 5) is 36.1. The number of esters is 3. The molecule has 4 rings (SSSR count). The summed E-state index contributed by atoms with van der Waals surface area (Å²) in [5.41, 5.74) is 0.0944. The number of hydrogen-bond acceptors (Lipinski definition) is 12. The second-order valence-corrected chi connectivity index (χ2v) is 10.9. The number of ether oxygens (including phenoxy) is 4. The lowest BCUT2D eigenvalue weighted by atomic mass is 9.96. The van der Waals surface area contributed by atoms with Crippen LogP contribution in [0.25, 0.3) is 11.3 Å². The molecule has 1 aliphatic heterocycles. The van der Waals surface area contributed by atoms with Gasteiger partial charge in [0, 0.05) is 36.6 Å². The summed E-state index contributed by atoms with van der Waals surface area (Å²) in [6.07, 6.45) is -1.85. The number of thiophene rings is 1. The van der Waals surface area contributed by atoms with Crippen molar-refractivity contribution in [3.05, 3.63) is 51.6 Å². The molecular formula is C25H22ClFN4O7S2. The fraction of sp³-hybridized carbons (Fsp3) is 0.360. The summed E-state index contributed by atoms with van der Waals surface area (Å²) >= 11 is 8.43. The number of halogens is 2. The molecule has 5 atom stereocenters. The molecule has 3 aromatic rings. The van der Waals surface area contributed by atoms with E-state index in [0.717, 1.165) is 23.4 Å². The molecule has 0 amide bonds. The highest BCUT2D eigenvalue weighted by Crippen LogP contribution is 2.42. The van der Waals surface area contributed by atoms with Gasteiger partial charge in [0.25, 0.3) is 0 Å². The monoisotopic (exact) mass is 608 g/mol. The summed E-state index contributed by atoms with van der Waals surface area (Å²) < 4.78 is 39.0. The Labute approximate surface area is 241 Å². The first-order valence-corrected chi connectivity index (χ1v) is 13.9. The van der Waals surface area contributed by atoms with E-state index in [1.165, 1.54) is 42.9 Å². The van der Waals surface area contributed by atoms with Crippen molar-refractivity contribution in [3.8, 4) is 17.3 Å². The first-order chi connectivity index (χ1) is 19.1. The number of aromatic nitrogens is 3. The maximum absolute atomic E-state index is 15.0. The van der Waals surface area contributed by atoms with Crippen molar-refractivity contribution in [2.75, 3.05) is 6.61 Å². The lowest BCUT2D eigenvalue weighted by Gasteiger charge is -2.44. The van der Waals surface area contributed by atoms with E-state index in [1.54, 1.807) is 12.3 Å². The molecule has 0 N–H and O–H groups in total. The second-order valence-electron chi connectivity index (χ2n) is 8.57. The largest absolute Gasteiger partial charge is 0.463 e. The normalized spacial score (nSPS) is 22.2. The molecule has 2 unspecified atom stereocenters. The zero-order valence-corrected chi connectivity index (χ0v) is 23.7. The Balaban J connectivity index is 1.81. The lowest BCUT2D eigenvalue weighted by molar-refractivity contribution is -0.212. The number of rotatable bonds is 8. The van der Waals surface area contributed by atoms with Gasteiger partial charge in [0.2, 0.25) is 0 Å². The van der Waals surface area contributed by atoms with Gasteiger partial charge in [-0.3, -0.25) is 14.4 Å². The van der Waals surface area contributed by atoms with E-state index in [-0.39, 0.29) is 22.1 Å². The third-order valence-electron chi connectivity index (χ3n) is 5.69. The minimum Gasteiger partial charge on any atom is -0.463 e. The Hall–Kier alpha value is -3.51. The number of nitrogens with zero attached hydrogens (tertiary/aromatic N) is 4. The third-order valence-corrected chi connectivity index (χ3v) is 7.86. The van der Waals surface area contributed by atoms with Crippen molar-refractivity contribution < 1.29 is 37.7 Å². The molecule has 2 aromatic heterocycles. The molecule has 1 aliphatic rings. The molecule has 0 spiro atoms. The second kappa shape index (κ2) is 12.8. The average Bonchev–Trinajstić information content (AvgIpc) is 3.58.